The maximum Gasteiger partial charge on any atom is 0.295 e. The molecular weight excluding hydrogens is 1710 g/mol. The first-order valence-electron chi connectivity index (χ1n) is 42.4. The van der Waals surface area contributed by atoms with Gasteiger partial charge >= 0.3 is 0 Å². The minimum absolute atomic E-state index is 0.00370. The quantitative estimate of drug-likeness (QED) is 0.0225. The van der Waals surface area contributed by atoms with Gasteiger partial charge in [-0.1, -0.05) is 100 Å². The van der Waals surface area contributed by atoms with Gasteiger partial charge in [-0.2, -0.15) is 0 Å². The SMILES string of the molecule is CCc1ccc(CNC2(C)C[C@H](O[C@@H]3C(O)C(O)[C@@H](CO)O[C@H]3Oc3c4cc5cc3Oc3ccc(cc3Cl)[C@@H](O)[C@@H](NC(=O)[C@H](CC)CC(C)C)C(=O)C[C@@H](CC(N)=O)C(=O)N[C@H]5C(=O)C[C@@H]3C(=O)N[C@H](C(=O)N[C@H](OC=O)c5cc(O)c(CNCCCCC(=O)[C@H](O)[C@@H](O)[C@H](O)[C@H](O)CO)c(O)c5-c5cc3ccc5O)[C@H](O)c3ccc(c(Cl)c3)O4)C[C@@H](C)[C@H]2O)cc1. The standard InChI is InChI=1S/C90H111Cl2N7O29/c1-7-42-12-14-43(15-13-42)35-95-90(6)34-50(24-41(5)83(90)118)124-82-80(117)78(115)67(38-101)127-89(82)128-81-65-29-48-30-66(81)126-64-21-18-47(27-56(64)92)74(111)72-87(122)99-88(123-39-102)53-33-59(105)54(36-94-22-10-9-11-58(104)76(113)79(116)77(114)62(108)37-100)75(112)69(53)52-25-45(16-19-57(52)103)51(86(121)98-72)32-61(107)70(48)96-85(120)49(31-68(93)109)28-60(106)71(97-84(119)44(8-2)23-40(3)4)73(110)46-17-20-63(125-65)55(91)26-46/h12-21,25-27,29-30,33,39-41,44,49-51,62,67,70-74,76-80,82-83,88-89,94-95,100-101,103,105,108,110-118H,7-11,22-24,28,31-32,34-38H2,1-6H3,(H2,93,109)(H,96,120)(H,97,119)(H,98,121)(H,99,122)/t41-,44-,49+,50-,51+,62-,67-,70-,71+,72+,73-,74-,76+,77-,78?,79-,80?,82-,83-,88-,89+,90?/m1/s1. The number of ketones is 3. The van der Waals surface area contributed by atoms with E-state index in [2.05, 4.69) is 31.9 Å². The minimum atomic E-state index is -2.26. The van der Waals surface area contributed by atoms with Gasteiger partial charge in [-0.3, -0.25) is 43.2 Å². The van der Waals surface area contributed by atoms with E-state index >= 15 is 24.0 Å². The second kappa shape index (κ2) is 43.1. The Bertz CT molecular complexity index is 5030. The molecule has 6 aliphatic heterocycles. The number of ether oxygens (including phenoxy) is 6. The zero-order chi connectivity index (χ0) is 93.2. The monoisotopic (exact) mass is 1820 g/mol. The molecule has 0 radical (unpaired) electrons. The molecule has 36 nitrogen and oxygen atoms in total. The van der Waals surface area contributed by atoms with E-state index in [4.69, 9.17) is 57.4 Å². The van der Waals surface area contributed by atoms with Crippen molar-refractivity contribution in [3.8, 4) is 57.1 Å². The van der Waals surface area contributed by atoms with Gasteiger partial charge in [0.15, 0.2) is 28.8 Å². The van der Waals surface area contributed by atoms with Gasteiger partial charge in [0.25, 0.3) is 6.47 Å². The Morgan fingerprint density at radius 2 is 1.37 bits per heavy atom. The topological polar surface area (TPSA) is 590 Å². The highest BCUT2D eigenvalue weighted by Crippen LogP contribution is 2.52. The van der Waals surface area contributed by atoms with Crippen LogP contribution in [0.25, 0.3) is 11.1 Å². The summed E-state index contributed by atoms with van der Waals surface area (Å²) in [6.45, 7) is 8.90. The molecule has 13 rings (SSSR count). The van der Waals surface area contributed by atoms with E-state index in [-0.39, 0.29) is 96.2 Å². The van der Waals surface area contributed by atoms with E-state index in [0.29, 0.717) is 13.0 Å². The number of unbranched alkanes of at least 4 members (excludes halogenated alkanes) is 1. The van der Waals surface area contributed by atoms with Crippen LogP contribution < -0.4 is 51.8 Å². The third-order valence-corrected chi connectivity index (χ3v) is 24.9. The molecule has 128 heavy (non-hydrogen) atoms. The van der Waals surface area contributed by atoms with Crippen LogP contribution in [0.2, 0.25) is 10.0 Å². The molecule has 694 valence electrons. The number of nitrogens with two attached hydrogens (primary N) is 1. The summed E-state index contributed by atoms with van der Waals surface area (Å²) in [5, 5.41) is 175. The fraction of sp³-hybridized carbons (Fsp3) is 0.500. The molecule has 38 heteroatoms. The molecule has 1 saturated heterocycles. The summed E-state index contributed by atoms with van der Waals surface area (Å²) in [6, 6.07) is 15.2. The van der Waals surface area contributed by atoms with E-state index in [1.807, 2.05) is 52.0 Å². The maximum atomic E-state index is 16.6. The first kappa shape index (κ1) is 98.5. The fourth-order valence-electron chi connectivity index (χ4n) is 17.0. The van der Waals surface area contributed by atoms with Crippen LogP contribution in [-0.2, 0) is 76.9 Å². The number of phenolic OH excluding ortho intramolecular Hbond substituents is 3. The van der Waals surface area contributed by atoms with Crippen molar-refractivity contribution in [2.45, 2.75) is 241 Å². The molecule has 6 heterocycles. The van der Waals surface area contributed by atoms with Crippen molar-refractivity contribution in [2.75, 3.05) is 19.8 Å². The van der Waals surface area contributed by atoms with E-state index in [9.17, 15) is 90.7 Å². The van der Waals surface area contributed by atoms with Gasteiger partial charge in [-0.25, -0.2) is 0 Å². The lowest BCUT2D eigenvalue weighted by molar-refractivity contribution is -0.299. The van der Waals surface area contributed by atoms with Crippen molar-refractivity contribution in [3.63, 3.8) is 0 Å². The number of aliphatic hydroxyl groups is 11. The van der Waals surface area contributed by atoms with Crippen LogP contribution >= 0.6 is 23.2 Å². The summed E-state index contributed by atoms with van der Waals surface area (Å²) < 4.78 is 39.3. The lowest BCUT2D eigenvalue weighted by Gasteiger charge is -2.48. The van der Waals surface area contributed by atoms with Gasteiger partial charge in [0.05, 0.1) is 52.9 Å². The Hall–Kier alpha value is -10.1. The lowest BCUT2D eigenvalue weighted by atomic mass is 9.73. The highest BCUT2D eigenvalue weighted by Gasteiger charge is 2.52. The third kappa shape index (κ3) is 22.7. The minimum Gasteiger partial charge on any atom is -0.507 e. The smallest absolute Gasteiger partial charge is 0.295 e. The Kier molecular flexibility index (Phi) is 33.2. The van der Waals surface area contributed by atoms with Crippen molar-refractivity contribution < 1.29 is 143 Å². The number of rotatable bonds is 30. The zero-order valence-electron chi connectivity index (χ0n) is 71.0. The van der Waals surface area contributed by atoms with Crippen LogP contribution in [0.4, 0.5) is 0 Å². The molecule has 3 unspecified atom stereocenters. The van der Waals surface area contributed by atoms with Gasteiger partial charge in [0.2, 0.25) is 47.8 Å². The first-order valence-corrected chi connectivity index (χ1v) is 43.1. The summed E-state index contributed by atoms with van der Waals surface area (Å²) in [4.78, 5) is 132. The molecule has 2 fully saturated rings. The van der Waals surface area contributed by atoms with Crippen molar-refractivity contribution in [1.82, 2.24) is 31.9 Å². The van der Waals surface area contributed by atoms with Crippen LogP contribution in [0, 0.1) is 23.7 Å². The van der Waals surface area contributed by atoms with E-state index in [1.165, 1.54) is 30.3 Å². The molecule has 0 spiro atoms. The van der Waals surface area contributed by atoms with Gasteiger partial charge in [-0.05, 0) is 158 Å². The molecule has 0 aromatic heterocycles. The number of halogens is 2. The number of aromatic hydroxyl groups is 3. The van der Waals surface area contributed by atoms with Crippen molar-refractivity contribution in [3.05, 3.63) is 152 Å². The Labute approximate surface area is 746 Å². The number of benzene rings is 6. The second-order valence-corrected chi connectivity index (χ2v) is 34.8. The number of amides is 5. The van der Waals surface area contributed by atoms with Gasteiger partial charge < -0.3 is 138 Å². The Morgan fingerprint density at radius 3 is 1.98 bits per heavy atom. The predicted octanol–water partition coefficient (Wildman–Crippen LogP) is 3.89. The number of carbonyl (C=O) groups excluding carboxylic acids is 9. The van der Waals surface area contributed by atoms with Crippen LogP contribution in [0.5, 0.6) is 46.0 Å². The number of Topliss-reactive ketones (excluding diaryl/α,β-unsaturated/α-hetero) is 3. The molecule has 11 bridgehead atoms. The largest absolute Gasteiger partial charge is 0.507 e. The van der Waals surface area contributed by atoms with Gasteiger partial charge in [0.1, 0.15) is 108 Å². The second-order valence-electron chi connectivity index (χ2n) is 33.9. The average Bonchev–Trinajstić information content (AvgIpc) is 0.754. The number of hydrogen-bond donors (Lipinski definition) is 21. The van der Waals surface area contributed by atoms with E-state index in [1.54, 1.807) is 13.8 Å². The Morgan fingerprint density at radius 1 is 0.719 bits per heavy atom. The van der Waals surface area contributed by atoms with E-state index in [0.717, 1.165) is 60.0 Å². The highest BCUT2D eigenvalue weighted by atomic mass is 35.5. The number of nitrogens with one attached hydrogen (secondary N) is 6. The van der Waals surface area contributed by atoms with Crippen molar-refractivity contribution >= 4 is 76.6 Å². The Balaban J connectivity index is 1.09. The maximum absolute atomic E-state index is 16.6. The summed E-state index contributed by atoms with van der Waals surface area (Å²) >= 11 is 14.5. The van der Waals surface area contributed by atoms with Crippen LogP contribution in [0.3, 0.4) is 0 Å². The van der Waals surface area contributed by atoms with Crippen LogP contribution in [-0.4, -0.2) is 230 Å². The molecule has 22 N–H and O–H groups in total. The normalized spacial score (nSPS) is 26.8. The number of aryl methyl sites for hydroxylation is 1. The molecule has 22 atom stereocenters. The molecule has 1 saturated carbocycles. The van der Waals surface area contributed by atoms with Gasteiger partial charge in [-0.15, -0.1) is 0 Å². The summed E-state index contributed by atoms with van der Waals surface area (Å²) in [5.41, 5.74) is 4.05. The molecule has 7 aliphatic rings. The molecule has 1 aliphatic carbocycles. The summed E-state index contributed by atoms with van der Waals surface area (Å²) in [5.74, 6) is -18.9. The third-order valence-electron chi connectivity index (χ3n) is 24.3. The van der Waals surface area contributed by atoms with Crippen molar-refractivity contribution in [1.29, 1.82) is 0 Å². The van der Waals surface area contributed by atoms with Gasteiger partial charge in [0, 0.05) is 66.9 Å². The van der Waals surface area contributed by atoms with Crippen molar-refractivity contribution in [2.24, 2.45) is 29.4 Å². The number of hydrogen-bond acceptors (Lipinski definition) is 31. The van der Waals surface area contributed by atoms with Crippen LogP contribution in [0.15, 0.2) is 97.1 Å². The number of primary amides is 1. The number of aliphatic hydroxyl groups excluding tert-OH is 11. The number of carbonyl (C=O) groups is 9. The molecular formula is C90H111Cl2N7O29. The first-order chi connectivity index (χ1) is 60.8. The number of phenols is 3. The predicted molar refractivity (Wildman–Crippen MR) is 456 cm³/mol. The average molecular weight is 1830 g/mol. The van der Waals surface area contributed by atoms with Crippen LogP contribution in [0.1, 0.15) is 181 Å². The summed E-state index contributed by atoms with van der Waals surface area (Å²) in [7, 11) is 0. The zero-order valence-corrected chi connectivity index (χ0v) is 72.6. The van der Waals surface area contributed by atoms with E-state index < -0.39 is 281 Å². The summed E-state index contributed by atoms with van der Waals surface area (Å²) in [6.07, 6.45) is -27.4. The highest BCUT2D eigenvalue weighted by molar-refractivity contribution is 6.32. The number of fused-ring (bicyclic) bond motifs is 15. The molecule has 6 aromatic rings. The molecule has 6 aromatic carbocycles. The lowest BCUT2D eigenvalue weighted by Crippen LogP contribution is -2.64. The fourth-order valence-corrected chi connectivity index (χ4v) is 17.4. The molecule has 5 amide bonds.